The van der Waals surface area contributed by atoms with Crippen molar-refractivity contribution in [1.82, 2.24) is 10.2 Å². The molecule has 2 rings (SSSR count). The molecule has 0 aromatic rings. The third-order valence-electron chi connectivity index (χ3n) is 4.18. The molecule has 1 heterocycles. The monoisotopic (exact) mass is 224 g/mol. The van der Waals surface area contributed by atoms with Gasteiger partial charge in [0.1, 0.15) is 0 Å². The molecule has 1 saturated carbocycles. The minimum Gasteiger partial charge on any atom is -0.310 e. The molecule has 2 aliphatic rings. The summed E-state index contributed by atoms with van der Waals surface area (Å²) in [4.78, 5) is 2.69. The smallest absolute Gasteiger partial charge is 0.0280 e. The van der Waals surface area contributed by atoms with Gasteiger partial charge in [0.25, 0.3) is 0 Å². The summed E-state index contributed by atoms with van der Waals surface area (Å²) in [6.07, 6.45) is 7.04. The SMILES string of the molecule is CC(C)N(CC1CC1)CC1(C)CCCCN1. The first-order chi connectivity index (χ1) is 7.59. The molecule has 0 spiro atoms. The highest BCUT2D eigenvalue weighted by atomic mass is 15.2. The van der Waals surface area contributed by atoms with Gasteiger partial charge < -0.3 is 5.32 Å². The lowest BCUT2D eigenvalue weighted by molar-refractivity contribution is 0.131. The number of hydrogen-bond acceptors (Lipinski definition) is 2. The van der Waals surface area contributed by atoms with Crippen LogP contribution >= 0.6 is 0 Å². The lowest BCUT2D eigenvalue weighted by Crippen LogP contribution is -2.55. The van der Waals surface area contributed by atoms with E-state index in [1.807, 2.05) is 0 Å². The molecule has 2 fully saturated rings. The molecule has 2 nitrogen and oxygen atoms in total. The van der Waals surface area contributed by atoms with Gasteiger partial charge in [0.2, 0.25) is 0 Å². The van der Waals surface area contributed by atoms with Crippen LogP contribution < -0.4 is 5.32 Å². The molecule has 0 radical (unpaired) electrons. The molecule has 1 aliphatic carbocycles. The van der Waals surface area contributed by atoms with E-state index in [1.165, 1.54) is 51.7 Å². The van der Waals surface area contributed by atoms with Gasteiger partial charge in [-0.1, -0.05) is 6.42 Å². The normalized spacial score (nSPS) is 31.3. The van der Waals surface area contributed by atoms with Gasteiger partial charge in [0.15, 0.2) is 0 Å². The van der Waals surface area contributed by atoms with Crippen molar-refractivity contribution in [3.8, 4) is 0 Å². The van der Waals surface area contributed by atoms with E-state index in [2.05, 4.69) is 31.0 Å². The molecule has 1 aliphatic heterocycles. The van der Waals surface area contributed by atoms with Gasteiger partial charge in [0, 0.05) is 24.7 Å². The third kappa shape index (κ3) is 3.46. The van der Waals surface area contributed by atoms with Crippen LogP contribution in [0.4, 0.5) is 0 Å². The Morgan fingerprint density at radius 2 is 2.06 bits per heavy atom. The molecule has 1 atom stereocenters. The van der Waals surface area contributed by atoms with Crippen LogP contribution in [0.5, 0.6) is 0 Å². The number of hydrogen-bond donors (Lipinski definition) is 1. The summed E-state index contributed by atoms with van der Waals surface area (Å²) in [5, 5.41) is 3.73. The molecule has 1 unspecified atom stereocenters. The van der Waals surface area contributed by atoms with E-state index < -0.39 is 0 Å². The van der Waals surface area contributed by atoms with Crippen molar-refractivity contribution in [3.05, 3.63) is 0 Å². The van der Waals surface area contributed by atoms with Gasteiger partial charge in [-0.15, -0.1) is 0 Å². The summed E-state index contributed by atoms with van der Waals surface area (Å²) in [6.45, 7) is 10.9. The van der Waals surface area contributed by atoms with Crippen molar-refractivity contribution in [3.63, 3.8) is 0 Å². The number of rotatable bonds is 5. The Bertz CT molecular complexity index is 215. The predicted molar refractivity (Wildman–Crippen MR) is 69.7 cm³/mol. The zero-order chi connectivity index (χ0) is 11.6. The average Bonchev–Trinajstić information content (AvgIpc) is 3.01. The van der Waals surface area contributed by atoms with E-state index >= 15 is 0 Å². The van der Waals surface area contributed by atoms with E-state index in [-0.39, 0.29) is 0 Å². The van der Waals surface area contributed by atoms with Gasteiger partial charge in [-0.25, -0.2) is 0 Å². The second-order valence-electron chi connectivity index (χ2n) is 6.41. The Morgan fingerprint density at radius 1 is 1.31 bits per heavy atom. The third-order valence-corrected chi connectivity index (χ3v) is 4.18. The highest BCUT2D eigenvalue weighted by molar-refractivity contribution is 4.91. The molecule has 0 aromatic heterocycles. The second kappa shape index (κ2) is 5.05. The lowest BCUT2D eigenvalue weighted by atomic mass is 9.90. The molecule has 0 bridgehead atoms. The van der Waals surface area contributed by atoms with Gasteiger partial charge in [0.05, 0.1) is 0 Å². The van der Waals surface area contributed by atoms with Crippen LogP contribution in [0.1, 0.15) is 52.9 Å². The molecular formula is C14H28N2. The maximum absolute atomic E-state index is 3.73. The minimum absolute atomic E-state index is 0.372. The Kier molecular flexibility index (Phi) is 3.91. The number of nitrogens with zero attached hydrogens (tertiary/aromatic N) is 1. The van der Waals surface area contributed by atoms with Crippen LogP contribution in [0, 0.1) is 5.92 Å². The van der Waals surface area contributed by atoms with Gasteiger partial charge >= 0.3 is 0 Å². The molecule has 16 heavy (non-hydrogen) atoms. The standard InChI is InChI=1S/C14H28N2/c1-12(2)16(10-13-6-7-13)11-14(3)8-4-5-9-15-14/h12-13,15H,4-11H2,1-3H3. The first-order valence-corrected chi connectivity index (χ1v) is 7.08. The largest absolute Gasteiger partial charge is 0.310 e. The minimum atomic E-state index is 0.372. The van der Waals surface area contributed by atoms with E-state index in [9.17, 15) is 0 Å². The van der Waals surface area contributed by atoms with Crippen LogP contribution in [0.3, 0.4) is 0 Å². The zero-order valence-corrected chi connectivity index (χ0v) is 11.3. The number of piperidine rings is 1. The molecule has 0 amide bonds. The highest BCUT2D eigenvalue weighted by Gasteiger charge is 2.32. The number of nitrogens with one attached hydrogen (secondary N) is 1. The molecular weight excluding hydrogens is 196 g/mol. The van der Waals surface area contributed by atoms with Crippen molar-refractivity contribution in [2.24, 2.45) is 5.92 Å². The quantitative estimate of drug-likeness (QED) is 0.772. The fourth-order valence-corrected chi connectivity index (χ4v) is 2.79. The molecule has 1 saturated heterocycles. The fraction of sp³-hybridized carbons (Fsp3) is 1.00. The summed E-state index contributed by atoms with van der Waals surface area (Å²) < 4.78 is 0. The van der Waals surface area contributed by atoms with Crippen LogP contribution in [0.2, 0.25) is 0 Å². The first kappa shape index (κ1) is 12.4. The predicted octanol–water partition coefficient (Wildman–Crippen LogP) is 2.64. The van der Waals surface area contributed by atoms with Gasteiger partial charge in [-0.3, -0.25) is 4.90 Å². The Hall–Kier alpha value is -0.0800. The van der Waals surface area contributed by atoms with Gasteiger partial charge in [-0.2, -0.15) is 0 Å². The summed E-state index contributed by atoms with van der Waals surface area (Å²) in [7, 11) is 0. The van der Waals surface area contributed by atoms with Crippen molar-refractivity contribution in [2.75, 3.05) is 19.6 Å². The van der Waals surface area contributed by atoms with Crippen molar-refractivity contribution in [1.29, 1.82) is 0 Å². The Labute approximate surface area is 101 Å². The van der Waals surface area contributed by atoms with E-state index in [1.54, 1.807) is 0 Å². The second-order valence-corrected chi connectivity index (χ2v) is 6.41. The van der Waals surface area contributed by atoms with E-state index in [0.717, 1.165) is 5.92 Å². The van der Waals surface area contributed by atoms with Crippen LogP contribution in [-0.4, -0.2) is 36.1 Å². The summed E-state index contributed by atoms with van der Waals surface area (Å²) in [5.41, 5.74) is 0.372. The summed E-state index contributed by atoms with van der Waals surface area (Å²) >= 11 is 0. The fourth-order valence-electron chi connectivity index (χ4n) is 2.79. The zero-order valence-electron chi connectivity index (χ0n) is 11.3. The first-order valence-electron chi connectivity index (χ1n) is 7.08. The van der Waals surface area contributed by atoms with Crippen LogP contribution in [0.15, 0.2) is 0 Å². The molecule has 2 heteroatoms. The Balaban J connectivity index is 1.87. The molecule has 94 valence electrons. The van der Waals surface area contributed by atoms with Gasteiger partial charge in [-0.05, 0) is 58.9 Å². The van der Waals surface area contributed by atoms with E-state index in [0.29, 0.717) is 11.6 Å². The highest BCUT2D eigenvalue weighted by Crippen LogP contribution is 2.31. The van der Waals surface area contributed by atoms with E-state index in [4.69, 9.17) is 0 Å². The van der Waals surface area contributed by atoms with Crippen molar-refractivity contribution < 1.29 is 0 Å². The van der Waals surface area contributed by atoms with Crippen LogP contribution in [-0.2, 0) is 0 Å². The van der Waals surface area contributed by atoms with Crippen molar-refractivity contribution >= 4 is 0 Å². The summed E-state index contributed by atoms with van der Waals surface area (Å²) in [5.74, 6) is 1.01. The van der Waals surface area contributed by atoms with Crippen molar-refractivity contribution in [2.45, 2.75) is 64.5 Å². The maximum Gasteiger partial charge on any atom is 0.0280 e. The average molecular weight is 224 g/mol. The summed E-state index contributed by atoms with van der Waals surface area (Å²) in [6, 6.07) is 0.696. The molecule has 1 N–H and O–H groups in total. The Morgan fingerprint density at radius 3 is 2.56 bits per heavy atom. The molecule has 0 aromatic carbocycles. The maximum atomic E-state index is 3.73. The van der Waals surface area contributed by atoms with Crippen LogP contribution in [0.25, 0.3) is 0 Å². The topological polar surface area (TPSA) is 15.3 Å². The lowest BCUT2D eigenvalue weighted by Gasteiger charge is -2.41.